The van der Waals surface area contributed by atoms with Crippen molar-refractivity contribution in [2.45, 2.75) is 13.0 Å². The van der Waals surface area contributed by atoms with Gasteiger partial charge in [-0.3, -0.25) is 0 Å². The molecule has 0 saturated carbocycles. The van der Waals surface area contributed by atoms with Crippen molar-refractivity contribution in [3.8, 4) is 0 Å². The standard InChI is InChI=1S/C15H17N5O/c1-12-11-19(14-4-2-3-7-16-14)8-9-20(12)15-6-5-13(18-21)10-17-15/h2-7,10,12H,8-9,11H2,1H3/t12-/m0/s1. The molecule has 2 aromatic rings. The van der Waals surface area contributed by atoms with E-state index in [2.05, 4.69) is 31.9 Å². The van der Waals surface area contributed by atoms with Crippen molar-refractivity contribution >= 4 is 17.3 Å². The van der Waals surface area contributed by atoms with Crippen LogP contribution in [0.3, 0.4) is 0 Å². The van der Waals surface area contributed by atoms with Crippen LogP contribution in [0.5, 0.6) is 0 Å². The van der Waals surface area contributed by atoms with Gasteiger partial charge in [-0.1, -0.05) is 6.07 Å². The summed E-state index contributed by atoms with van der Waals surface area (Å²) >= 11 is 0. The van der Waals surface area contributed by atoms with Crippen molar-refractivity contribution in [1.82, 2.24) is 9.97 Å². The van der Waals surface area contributed by atoms with Gasteiger partial charge in [0.15, 0.2) is 0 Å². The quantitative estimate of drug-likeness (QED) is 0.810. The van der Waals surface area contributed by atoms with E-state index in [0.29, 0.717) is 11.7 Å². The summed E-state index contributed by atoms with van der Waals surface area (Å²) in [6.45, 7) is 4.84. The van der Waals surface area contributed by atoms with Crippen LogP contribution in [0.15, 0.2) is 47.9 Å². The zero-order valence-electron chi connectivity index (χ0n) is 11.9. The van der Waals surface area contributed by atoms with Crippen molar-refractivity contribution in [3.05, 3.63) is 47.6 Å². The lowest BCUT2D eigenvalue weighted by Gasteiger charge is -2.41. The summed E-state index contributed by atoms with van der Waals surface area (Å²) in [6.07, 6.45) is 3.33. The van der Waals surface area contributed by atoms with E-state index in [1.54, 1.807) is 6.07 Å². The molecule has 0 spiro atoms. The maximum Gasteiger partial charge on any atom is 0.128 e. The van der Waals surface area contributed by atoms with Crippen LogP contribution in [-0.2, 0) is 0 Å². The van der Waals surface area contributed by atoms with Crippen molar-refractivity contribution in [1.29, 1.82) is 0 Å². The number of piperazine rings is 1. The van der Waals surface area contributed by atoms with Gasteiger partial charge in [-0.05, 0) is 36.4 Å². The summed E-state index contributed by atoms with van der Waals surface area (Å²) in [5.74, 6) is 1.90. The molecular formula is C15H17N5O. The van der Waals surface area contributed by atoms with Gasteiger partial charge in [0.05, 0.1) is 6.20 Å². The molecule has 1 saturated heterocycles. The van der Waals surface area contributed by atoms with Gasteiger partial charge in [0.25, 0.3) is 0 Å². The van der Waals surface area contributed by atoms with Gasteiger partial charge in [-0.15, -0.1) is 4.91 Å². The van der Waals surface area contributed by atoms with Crippen LogP contribution < -0.4 is 9.80 Å². The molecule has 6 nitrogen and oxygen atoms in total. The monoisotopic (exact) mass is 283 g/mol. The van der Waals surface area contributed by atoms with Crippen LogP contribution in [-0.4, -0.2) is 35.6 Å². The first-order chi connectivity index (χ1) is 10.3. The van der Waals surface area contributed by atoms with Crippen LogP contribution in [0.1, 0.15) is 6.92 Å². The summed E-state index contributed by atoms with van der Waals surface area (Å²) in [6, 6.07) is 9.84. The maximum absolute atomic E-state index is 10.4. The Bertz CT molecular complexity index is 601. The van der Waals surface area contributed by atoms with Crippen molar-refractivity contribution in [3.63, 3.8) is 0 Å². The van der Waals surface area contributed by atoms with E-state index in [-0.39, 0.29) is 0 Å². The molecule has 1 aliphatic rings. The molecule has 0 radical (unpaired) electrons. The Balaban J connectivity index is 1.72. The minimum absolute atomic E-state index is 0.322. The van der Waals surface area contributed by atoms with Crippen molar-refractivity contribution < 1.29 is 0 Å². The Hall–Kier alpha value is -2.50. The molecule has 0 unspecified atom stereocenters. The molecule has 1 atom stereocenters. The summed E-state index contributed by atoms with van der Waals surface area (Å²) in [5.41, 5.74) is 0.360. The third-order valence-electron chi connectivity index (χ3n) is 3.73. The third-order valence-corrected chi connectivity index (χ3v) is 3.73. The molecule has 0 aromatic carbocycles. The summed E-state index contributed by atoms with van der Waals surface area (Å²) in [5, 5.41) is 2.88. The van der Waals surface area contributed by atoms with Crippen LogP contribution >= 0.6 is 0 Å². The fraction of sp³-hybridized carbons (Fsp3) is 0.333. The number of aromatic nitrogens is 2. The van der Waals surface area contributed by atoms with E-state index in [1.807, 2.05) is 30.5 Å². The second-order valence-electron chi connectivity index (χ2n) is 5.14. The molecule has 2 aromatic heterocycles. The smallest absolute Gasteiger partial charge is 0.128 e. The Morgan fingerprint density at radius 1 is 1.14 bits per heavy atom. The summed E-state index contributed by atoms with van der Waals surface area (Å²) in [7, 11) is 0. The molecule has 0 aliphatic carbocycles. The normalized spacial score (nSPS) is 18.6. The number of rotatable bonds is 3. The highest BCUT2D eigenvalue weighted by molar-refractivity contribution is 5.49. The van der Waals surface area contributed by atoms with Gasteiger partial charge in [0, 0.05) is 31.9 Å². The lowest BCUT2D eigenvalue weighted by molar-refractivity contribution is 0.543. The molecular weight excluding hydrogens is 266 g/mol. The molecule has 0 amide bonds. The minimum atomic E-state index is 0.322. The van der Waals surface area contributed by atoms with Gasteiger partial charge in [-0.2, -0.15) is 0 Å². The van der Waals surface area contributed by atoms with Gasteiger partial charge in [0.2, 0.25) is 0 Å². The summed E-state index contributed by atoms with van der Waals surface area (Å²) in [4.78, 5) is 23.7. The predicted octanol–water partition coefficient (Wildman–Crippen LogP) is 2.59. The number of pyridine rings is 2. The lowest BCUT2D eigenvalue weighted by Crippen LogP contribution is -2.52. The van der Waals surface area contributed by atoms with Crippen LogP contribution in [0, 0.1) is 4.91 Å². The van der Waals surface area contributed by atoms with Gasteiger partial charge < -0.3 is 9.80 Å². The van der Waals surface area contributed by atoms with Crippen molar-refractivity contribution in [2.24, 2.45) is 5.18 Å². The SMILES string of the molecule is C[C@H]1CN(c2ccccn2)CCN1c1ccc(N=O)cn1. The third kappa shape index (κ3) is 2.84. The predicted molar refractivity (Wildman–Crippen MR) is 83.0 cm³/mol. The average Bonchev–Trinajstić information content (AvgIpc) is 2.56. The van der Waals surface area contributed by atoms with Gasteiger partial charge in [0.1, 0.15) is 17.3 Å². The van der Waals surface area contributed by atoms with Crippen LogP contribution in [0.25, 0.3) is 0 Å². The zero-order valence-corrected chi connectivity index (χ0v) is 11.9. The largest absolute Gasteiger partial charge is 0.353 e. The average molecular weight is 283 g/mol. The lowest BCUT2D eigenvalue weighted by atomic mass is 10.2. The molecule has 3 rings (SSSR count). The van der Waals surface area contributed by atoms with Gasteiger partial charge >= 0.3 is 0 Å². The van der Waals surface area contributed by atoms with E-state index in [9.17, 15) is 4.91 Å². The fourth-order valence-corrected chi connectivity index (χ4v) is 2.65. The number of nitrogens with zero attached hydrogens (tertiary/aromatic N) is 5. The molecule has 0 bridgehead atoms. The second kappa shape index (κ2) is 5.87. The molecule has 6 heteroatoms. The van der Waals surface area contributed by atoms with E-state index in [0.717, 1.165) is 31.3 Å². The Kier molecular flexibility index (Phi) is 3.77. The molecule has 0 N–H and O–H groups in total. The van der Waals surface area contributed by atoms with E-state index < -0.39 is 0 Å². The fourth-order valence-electron chi connectivity index (χ4n) is 2.65. The van der Waals surface area contributed by atoms with Crippen LogP contribution in [0.4, 0.5) is 17.3 Å². The Morgan fingerprint density at radius 3 is 2.67 bits per heavy atom. The summed E-state index contributed by atoms with van der Waals surface area (Å²) < 4.78 is 0. The number of anilines is 2. The minimum Gasteiger partial charge on any atom is -0.353 e. The van der Waals surface area contributed by atoms with Gasteiger partial charge in [-0.25, -0.2) is 9.97 Å². The highest BCUT2D eigenvalue weighted by atomic mass is 16.3. The first kappa shape index (κ1) is 13.5. The molecule has 21 heavy (non-hydrogen) atoms. The molecule has 3 heterocycles. The molecule has 1 fully saturated rings. The van der Waals surface area contributed by atoms with Crippen molar-refractivity contribution in [2.75, 3.05) is 29.4 Å². The first-order valence-corrected chi connectivity index (χ1v) is 7.00. The number of hydrogen-bond acceptors (Lipinski definition) is 6. The number of nitroso groups, excluding NO2 is 1. The first-order valence-electron chi connectivity index (χ1n) is 7.00. The van der Waals surface area contributed by atoms with Crippen LogP contribution in [0.2, 0.25) is 0 Å². The topological polar surface area (TPSA) is 61.7 Å². The zero-order chi connectivity index (χ0) is 14.7. The maximum atomic E-state index is 10.4. The molecule has 1 aliphatic heterocycles. The molecule has 108 valence electrons. The second-order valence-corrected chi connectivity index (χ2v) is 5.14. The Morgan fingerprint density at radius 2 is 2.05 bits per heavy atom. The van der Waals surface area contributed by atoms with E-state index >= 15 is 0 Å². The highest BCUT2D eigenvalue weighted by Gasteiger charge is 2.25. The van der Waals surface area contributed by atoms with E-state index in [1.165, 1.54) is 6.20 Å². The van der Waals surface area contributed by atoms with E-state index in [4.69, 9.17) is 0 Å². The Labute approximate surface area is 123 Å². The highest BCUT2D eigenvalue weighted by Crippen LogP contribution is 2.22. The number of hydrogen-bond donors (Lipinski definition) is 0.